The quantitative estimate of drug-likeness (QED) is 0.734. The Morgan fingerprint density at radius 3 is 2.64 bits per heavy atom. The Morgan fingerprint density at radius 2 is 1.84 bits per heavy atom. The van der Waals surface area contributed by atoms with Gasteiger partial charge in [0.25, 0.3) is 5.56 Å². The lowest BCUT2D eigenvalue weighted by atomic mass is 10.1. The molecule has 0 saturated heterocycles. The second kappa shape index (κ2) is 6.94. The van der Waals surface area contributed by atoms with E-state index >= 15 is 0 Å². The van der Waals surface area contributed by atoms with Crippen LogP contribution in [0, 0.1) is 0 Å². The van der Waals surface area contributed by atoms with Crippen LogP contribution in [-0.4, -0.2) is 21.4 Å². The van der Waals surface area contributed by atoms with E-state index in [2.05, 4.69) is 31.9 Å². The predicted molar refractivity (Wildman–Crippen MR) is 102 cm³/mol. The molecule has 0 saturated carbocycles. The molecule has 3 aromatic rings. The first-order valence-electron chi connectivity index (χ1n) is 8.34. The summed E-state index contributed by atoms with van der Waals surface area (Å²) >= 11 is 3.60. The van der Waals surface area contributed by atoms with Crippen LogP contribution in [-0.2, 0) is 19.5 Å². The summed E-state index contributed by atoms with van der Waals surface area (Å²) in [5.74, 6) is 0.656. The Bertz CT molecular complexity index is 953. The summed E-state index contributed by atoms with van der Waals surface area (Å²) in [7, 11) is 0. The van der Waals surface area contributed by atoms with E-state index in [1.807, 2.05) is 48.5 Å². The molecule has 1 aromatic heterocycles. The zero-order valence-corrected chi connectivity index (χ0v) is 15.3. The summed E-state index contributed by atoms with van der Waals surface area (Å²) in [5, 5.41) is 0. The van der Waals surface area contributed by atoms with Gasteiger partial charge in [0.1, 0.15) is 5.82 Å². The van der Waals surface area contributed by atoms with Gasteiger partial charge >= 0.3 is 0 Å². The highest BCUT2D eigenvalue weighted by atomic mass is 79.9. The maximum atomic E-state index is 12.6. The number of benzene rings is 2. The molecule has 1 aliphatic heterocycles. The van der Waals surface area contributed by atoms with E-state index in [-0.39, 0.29) is 5.56 Å². The van der Waals surface area contributed by atoms with Crippen LogP contribution in [0.15, 0.2) is 63.9 Å². The molecule has 2 heterocycles. The van der Waals surface area contributed by atoms with Gasteiger partial charge in [-0.3, -0.25) is 9.69 Å². The zero-order chi connectivity index (χ0) is 17.2. The van der Waals surface area contributed by atoms with Crippen molar-refractivity contribution in [3.8, 4) is 11.4 Å². The number of nitrogens with one attached hydrogen (secondary N) is 1. The van der Waals surface area contributed by atoms with E-state index in [1.165, 1.54) is 5.56 Å². The van der Waals surface area contributed by atoms with Gasteiger partial charge in [0.2, 0.25) is 0 Å². The fraction of sp³-hybridized carbons (Fsp3) is 0.200. The highest BCUT2D eigenvalue weighted by Gasteiger charge is 2.22. The molecule has 0 aliphatic carbocycles. The Morgan fingerprint density at radius 1 is 1.08 bits per heavy atom. The molecular weight excluding hydrogens is 378 g/mol. The number of fused-ring (bicyclic) bond motifs is 1. The van der Waals surface area contributed by atoms with Crippen molar-refractivity contribution >= 4 is 15.9 Å². The van der Waals surface area contributed by atoms with Gasteiger partial charge in [0.05, 0.1) is 11.3 Å². The smallest absolute Gasteiger partial charge is 0.255 e. The van der Waals surface area contributed by atoms with Crippen LogP contribution in [0.25, 0.3) is 11.4 Å². The summed E-state index contributed by atoms with van der Waals surface area (Å²) in [6.45, 7) is 2.35. The number of hydrogen-bond acceptors (Lipinski definition) is 3. The molecule has 126 valence electrons. The van der Waals surface area contributed by atoms with Crippen LogP contribution >= 0.6 is 15.9 Å². The van der Waals surface area contributed by atoms with E-state index in [0.717, 1.165) is 40.8 Å². The Kier molecular flexibility index (Phi) is 4.51. The number of nitrogens with zero attached hydrogens (tertiary/aromatic N) is 2. The summed E-state index contributed by atoms with van der Waals surface area (Å²) in [4.78, 5) is 22.5. The van der Waals surface area contributed by atoms with Gasteiger partial charge in [-0.1, -0.05) is 64.5 Å². The zero-order valence-electron chi connectivity index (χ0n) is 13.7. The third kappa shape index (κ3) is 3.43. The molecule has 5 heteroatoms. The molecule has 0 spiro atoms. The standard InChI is InChI=1S/C20H18BrN3O/c21-17-9-5-4-8-15(17)12-24-11-10-18-16(13-24)20(25)23-19(22-18)14-6-2-1-3-7-14/h1-9H,10-13H2,(H,22,23,25). The molecule has 0 amide bonds. The van der Waals surface area contributed by atoms with Crippen molar-refractivity contribution in [1.82, 2.24) is 14.9 Å². The molecule has 2 aromatic carbocycles. The number of aromatic amines is 1. The van der Waals surface area contributed by atoms with E-state index in [4.69, 9.17) is 4.98 Å². The first kappa shape index (κ1) is 16.2. The average molecular weight is 396 g/mol. The molecule has 0 radical (unpaired) electrons. The van der Waals surface area contributed by atoms with Gasteiger partial charge in [0, 0.05) is 36.1 Å². The Hall–Kier alpha value is -2.24. The average Bonchev–Trinajstić information content (AvgIpc) is 2.65. The molecular formula is C20H18BrN3O. The van der Waals surface area contributed by atoms with Crippen molar-refractivity contribution in [3.05, 3.63) is 86.2 Å². The molecule has 1 N–H and O–H groups in total. The minimum absolute atomic E-state index is 0.0271. The van der Waals surface area contributed by atoms with E-state index in [9.17, 15) is 4.79 Å². The first-order chi connectivity index (χ1) is 12.2. The van der Waals surface area contributed by atoms with Gasteiger partial charge < -0.3 is 4.98 Å². The second-order valence-electron chi connectivity index (χ2n) is 6.26. The number of H-pyrrole nitrogens is 1. The maximum Gasteiger partial charge on any atom is 0.255 e. The number of rotatable bonds is 3. The lowest BCUT2D eigenvalue weighted by molar-refractivity contribution is 0.241. The molecule has 0 bridgehead atoms. The highest BCUT2D eigenvalue weighted by Crippen LogP contribution is 2.22. The third-order valence-corrected chi connectivity index (χ3v) is 5.32. The van der Waals surface area contributed by atoms with Crippen molar-refractivity contribution in [1.29, 1.82) is 0 Å². The number of halogens is 1. The molecule has 25 heavy (non-hydrogen) atoms. The van der Waals surface area contributed by atoms with Crippen LogP contribution in [0.5, 0.6) is 0 Å². The third-order valence-electron chi connectivity index (χ3n) is 4.55. The Balaban J connectivity index is 1.60. The summed E-state index contributed by atoms with van der Waals surface area (Å²) in [6.07, 6.45) is 0.795. The normalized spacial score (nSPS) is 14.3. The van der Waals surface area contributed by atoms with E-state index in [0.29, 0.717) is 12.4 Å². The fourth-order valence-electron chi connectivity index (χ4n) is 3.22. The van der Waals surface area contributed by atoms with Gasteiger partial charge in [-0.05, 0) is 11.6 Å². The fourth-order valence-corrected chi connectivity index (χ4v) is 3.63. The summed E-state index contributed by atoms with van der Waals surface area (Å²) in [6, 6.07) is 18.0. The molecule has 4 rings (SSSR count). The Labute approximate surface area is 154 Å². The van der Waals surface area contributed by atoms with Crippen molar-refractivity contribution in [2.75, 3.05) is 6.54 Å². The van der Waals surface area contributed by atoms with E-state index < -0.39 is 0 Å². The van der Waals surface area contributed by atoms with Gasteiger partial charge in [0.15, 0.2) is 0 Å². The molecule has 0 fully saturated rings. The highest BCUT2D eigenvalue weighted by molar-refractivity contribution is 9.10. The van der Waals surface area contributed by atoms with Crippen molar-refractivity contribution in [2.24, 2.45) is 0 Å². The minimum Gasteiger partial charge on any atom is -0.306 e. The second-order valence-corrected chi connectivity index (χ2v) is 7.11. The predicted octanol–water partition coefficient (Wildman–Crippen LogP) is 3.76. The molecule has 0 atom stereocenters. The van der Waals surface area contributed by atoms with Crippen LogP contribution < -0.4 is 5.56 Å². The minimum atomic E-state index is -0.0271. The van der Waals surface area contributed by atoms with Crippen LogP contribution in [0.1, 0.15) is 16.8 Å². The maximum absolute atomic E-state index is 12.6. The van der Waals surface area contributed by atoms with Crippen LogP contribution in [0.3, 0.4) is 0 Å². The first-order valence-corrected chi connectivity index (χ1v) is 9.13. The van der Waals surface area contributed by atoms with Gasteiger partial charge in [-0.2, -0.15) is 0 Å². The number of aromatic nitrogens is 2. The molecule has 0 unspecified atom stereocenters. The lowest BCUT2D eigenvalue weighted by Crippen LogP contribution is -2.35. The van der Waals surface area contributed by atoms with Crippen molar-refractivity contribution in [2.45, 2.75) is 19.5 Å². The summed E-state index contributed by atoms with van der Waals surface area (Å²) in [5.41, 5.74) is 3.86. The van der Waals surface area contributed by atoms with E-state index in [1.54, 1.807) is 0 Å². The summed E-state index contributed by atoms with van der Waals surface area (Å²) < 4.78 is 1.10. The van der Waals surface area contributed by atoms with Gasteiger partial charge in [-0.15, -0.1) is 0 Å². The van der Waals surface area contributed by atoms with Gasteiger partial charge in [-0.25, -0.2) is 4.98 Å². The topological polar surface area (TPSA) is 49.0 Å². The molecule has 1 aliphatic rings. The van der Waals surface area contributed by atoms with Crippen LogP contribution in [0.4, 0.5) is 0 Å². The lowest BCUT2D eigenvalue weighted by Gasteiger charge is -2.28. The van der Waals surface area contributed by atoms with Crippen LogP contribution in [0.2, 0.25) is 0 Å². The largest absolute Gasteiger partial charge is 0.306 e. The SMILES string of the molecule is O=c1[nH]c(-c2ccccc2)nc2c1CN(Cc1ccccc1Br)CC2. The van der Waals surface area contributed by atoms with Crippen molar-refractivity contribution < 1.29 is 0 Å². The monoisotopic (exact) mass is 395 g/mol. The molecule has 4 nitrogen and oxygen atoms in total. The number of hydrogen-bond donors (Lipinski definition) is 1. The van der Waals surface area contributed by atoms with Crippen molar-refractivity contribution in [3.63, 3.8) is 0 Å².